The Balaban J connectivity index is 1.94. The maximum atomic E-state index is 14.3. The summed E-state index contributed by atoms with van der Waals surface area (Å²) in [5.41, 5.74) is 1.21. The molecule has 6 heteroatoms. The third-order valence-electron chi connectivity index (χ3n) is 3.85. The van der Waals surface area contributed by atoms with Crippen molar-refractivity contribution in [2.75, 3.05) is 4.90 Å². The number of hydrogen-bond donors (Lipinski definition) is 0. The number of carbonyl (C=O) groups is 1. The Morgan fingerprint density at radius 2 is 1.81 bits per heavy atom. The van der Waals surface area contributed by atoms with Crippen molar-refractivity contribution >= 4 is 23.2 Å². The number of hydrogen-bond acceptors (Lipinski definition) is 2. The third-order valence-corrected chi connectivity index (χ3v) is 4.22. The first-order chi connectivity index (χ1) is 12.5. The molecule has 132 valence electrons. The topological polar surface area (TPSA) is 33.2 Å². The van der Waals surface area contributed by atoms with Crippen LogP contribution >= 0.6 is 11.6 Å². The summed E-state index contributed by atoms with van der Waals surface area (Å²) < 4.78 is 27.6. The van der Waals surface area contributed by atoms with Gasteiger partial charge in [-0.05, 0) is 35.9 Å². The van der Waals surface area contributed by atoms with Crippen LogP contribution < -0.4 is 4.90 Å². The fraction of sp³-hybridized carbons (Fsp3) is 0.100. The zero-order valence-electron chi connectivity index (χ0n) is 13.7. The minimum atomic E-state index is -0.812. The van der Waals surface area contributed by atoms with Gasteiger partial charge in [0.2, 0.25) is 5.91 Å². The standard InChI is InChI=1S/C20H15ClF2N2O/c21-17-7-2-1-5-14(17)11-20(26)25(13-16-6-3-4-10-24-16)19-9-8-15(22)12-18(19)23/h1-10,12H,11,13H2. The van der Waals surface area contributed by atoms with E-state index in [9.17, 15) is 13.6 Å². The van der Waals surface area contributed by atoms with Crippen molar-refractivity contribution in [1.82, 2.24) is 4.98 Å². The SMILES string of the molecule is O=C(Cc1ccccc1Cl)N(Cc1ccccn1)c1ccc(F)cc1F. The molecule has 3 nitrogen and oxygen atoms in total. The van der Waals surface area contributed by atoms with Crippen LogP contribution in [-0.2, 0) is 17.8 Å². The van der Waals surface area contributed by atoms with Gasteiger partial charge in [-0.3, -0.25) is 9.78 Å². The number of halogens is 3. The molecular weight excluding hydrogens is 358 g/mol. The van der Waals surface area contributed by atoms with E-state index >= 15 is 0 Å². The van der Waals surface area contributed by atoms with Gasteiger partial charge in [0.15, 0.2) is 0 Å². The van der Waals surface area contributed by atoms with Gasteiger partial charge in [0.1, 0.15) is 11.6 Å². The summed E-state index contributed by atoms with van der Waals surface area (Å²) >= 11 is 6.12. The highest BCUT2D eigenvalue weighted by Crippen LogP contribution is 2.24. The Hall–Kier alpha value is -2.79. The summed E-state index contributed by atoms with van der Waals surface area (Å²) in [7, 11) is 0. The molecule has 1 heterocycles. The maximum absolute atomic E-state index is 14.3. The lowest BCUT2D eigenvalue weighted by Gasteiger charge is -2.23. The predicted octanol–water partition coefficient (Wildman–Crippen LogP) is 4.79. The average molecular weight is 373 g/mol. The Morgan fingerprint density at radius 1 is 1.04 bits per heavy atom. The number of amides is 1. The zero-order chi connectivity index (χ0) is 18.5. The number of nitrogens with zero attached hydrogens (tertiary/aromatic N) is 2. The van der Waals surface area contributed by atoms with Gasteiger partial charge in [-0.1, -0.05) is 35.9 Å². The maximum Gasteiger partial charge on any atom is 0.231 e. The molecule has 0 fully saturated rings. The van der Waals surface area contributed by atoms with Crippen molar-refractivity contribution in [1.29, 1.82) is 0 Å². The molecule has 0 aliphatic heterocycles. The number of anilines is 1. The minimum absolute atomic E-state index is 0.00546. The molecule has 1 amide bonds. The van der Waals surface area contributed by atoms with Crippen LogP contribution in [0.1, 0.15) is 11.3 Å². The summed E-state index contributed by atoms with van der Waals surface area (Å²) in [4.78, 5) is 18.3. The van der Waals surface area contributed by atoms with Crippen molar-refractivity contribution in [2.24, 2.45) is 0 Å². The fourth-order valence-electron chi connectivity index (χ4n) is 2.56. The van der Waals surface area contributed by atoms with Crippen LogP contribution in [0.2, 0.25) is 5.02 Å². The van der Waals surface area contributed by atoms with E-state index in [1.807, 2.05) is 0 Å². The summed E-state index contributed by atoms with van der Waals surface area (Å²) in [6, 6.07) is 15.3. The lowest BCUT2D eigenvalue weighted by molar-refractivity contribution is -0.118. The van der Waals surface area contributed by atoms with Gasteiger partial charge >= 0.3 is 0 Å². The summed E-state index contributed by atoms with van der Waals surface area (Å²) in [5.74, 6) is -1.88. The molecule has 0 spiro atoms. The molecule has 0 saturated heterocycles. The smallest absolute Gasteiger partial charge is 0.231 e. The fourth-order valence-corrected chi connectivity index (χ4v) is 2.76. The zero-order valence-corrected chi connectivity index (χ0v) is 14.5. The monoisotopic (exact) mass is 372 g/mol. The lowest BCUT2D eigenvalue weighted by atomic mass is 10.1. The van der Waals surface area contributed by atoms with Gasteiger partial charge in [0.25, 0.3) is 0 Å². The molecule has 0 aliphatic rings. The minimum Gasteiger partial charge on any atom is -0.303 e. The van der Waals surface area contributed by atoms with Crippen LogP contribution in [0.5, 0.6) is 0 Å². The highest BCUT2D eigenvalue weighted by atomic mass is 35.5. The predicted molar refractivity (Wildman–Crippen MR) is 96.9 cm³/mol. The van der Waals surface area contributed by atoms with Crippen LogP contribution in [0.3, 0.4) is 0 Å². The van der Waals surface area contributed by atoms with E-state index < -0.39 is 11.6 Å². The highest BCUT2D eigenvalue weighted by Gasteiger charge is 2.21. The molecule has 3 rings (SSSR count). The van der Waals surface area contributed by atoms with Gasteiger partial charge in [0, 0.05) is 17.3 Å². The van der Waals surface area contributed by atoms with Crippen molar-refractivity contribution < 1.29 is 13.6 Å². The summed E-state index contributed by atoms with van der Waals surface area (Å²) in [6.45, 7) is 0.0622. The Bertz CT molecular complexity index is 919. The second kappa shape index (κ2) is 8.06. The molecular formula is C20H15ClF2N2O. The summed E-state index contributed by atoms with van der Waals surface area (Å²) in [6.07, 6.45) is 1.58. The molecule has 0 atom stereocenters. The van der Waals surface area contributed by atoms with E-state index in [0.29, 0.717) is 16.3 Å². The summed E-state index contributed by atoms with van der Waals surface area (Å²) in [5, 5.41) is 0.457. The van der Waals surface area contributed by atoms with Gasteiger partial charge in [-0.25, -0.2) is 8.78 Å². The highest BCUT2D eigenvalue weighted by molar-refractivity contribution is 6.31. The number of benzene rings is 2. The number of pyridine rings is 1. The Labute approximate surface area is 154 Å². The second-order valence-electron chi connectivity index (χ2n) is 5.66. The van der Waals surface area contributed by atoms with Crippen molar-refractivity contribution in [3.63, 3.8) is 0 Å². The van der Waals surface area contributed by atoms with Gasteiger partial charge in [-0.2, -0.15) is 0 Å². The van der Waals surface area contributed by atoms with Crippen LogP contribution in [0.25, 0.3) is 0 Å². The van der Waals surface area contributed by atoms with Crippen molar-refractivity contribution in [3.8, 4) is 0 Å². The molecule has 0 aliphatic carbocycles. The van der Waals surface area contributed by atoms with E-state index in [0.717, 1.165) is 12.1 Å². The normalized spacial score (nSPS) is 10.6. The molecule has 2 aromatic carbocycles. The van der Waals surface area contributed by atoms with E-state index in [1.54, 1.807) is 48.7 Å². The molecule has 26 heavy (non-hydrogen) atoms. The van der Waals surface area contributed by atoms with Gasteiger partial charge in [-0.15, -0.1) is 0 Å². The third kappa shape index (κ3) is 4.24. The first-order valence-electron chi connectivity index (χ1n) is 7.93. The molecule has 1 aromatic heterocycles. The Morgan fingerprint density at radius 3 is 2.50 bits per heavy atom. The number of rotatable bonds is 5. The molecule has 0 bridgehead atoms. The number of carbonyl (C=O) groups excluding carboxylic acids is 1. The largest absolute Gasteiger partial charge is 0.303 e. The molecule has 0 unspecified atom stereocenters. The average Bonchev–Trinajstić information content (AvgIpc) is 2.63. The van der Waals surface area contributed by atoms with Crippen LogP contribution in [0.15, 0.2) is 66.9 Å². The number of aromatic nitrogens is 1. The quantitative estimate of drug-likeness (QED) is 0.645. The van der Waals surface area contributed by atoms with Gasteiger partial charge in [0.05, 0.1) is 24.3 Å². The lowest BCUT2D eigenvalue weighted by Crippen LogP contribution is -2.33. The van der Waals surface area contributed by atoms with E-state index in [1.165, 1.54) is 11.0 Å². The molecule has 0 saturated carbocycles. The second-order valence-corrected chi connectivity index (χ2v) is 6.07. The first-order valence-corrected chi connectivity index (χ1v) is 8.31. The Kier molecular flexibility index (Phi) is 5.58. The van der Waals surface area contributed by atoms with Gasteiger partial charge < -0.3 is 4.90 Å². The van der Waals surface area contributed by atoms with Crippen LogP contribution in [0, 0.1) is 11.6 Å². The van der Waals surface area contributed by atoms with Crippen molar-refractivity contribution in [2.45, 2.75) is 13.0 Å². The van der Waals surface area contributed by atoms with E-state index in [4.69, 9.17) is 11.6 Å². The van der Waals surface area contributed by atoms with E-state index in [-0.39, 0.29) is 24.6 Å². The van der Waals surface area contributed by atoms with E-state index in [2.05, 4.69) is 4.98 Å². The first kappa shape index (κ1) is 18.0. The van der Waals surface area contributed by atoms with Crippen LogP contribution in [0.4, 0.5) is 14.5 Å². The molecule has 3 aromatic rings. The molecule has 0 radical (unpaired) electrons. The van der Waals surface area contributed by atoms with Crippen LogP contribution in [-0.4, -0.2) is 10.9 Å². The molecule has 0 N–H and O–H groups in total. The van der Waals surface area contributed by atoms with Crippen molar-refractivity contribution in [3.05, 3.63) is 94.8 Å².